The quantitative estimate of drug-likeness (QED) is 0.533. The molecular weight excluding hydrogens is 422 g/mol. The van der Waals surface area contributed by atoms with E-state index in [0.29, 0.717) is 17.9 Å². The van der Waals surface area contributed by atoms with Crippen molar-refractivity contribution in [2.75, 3.05) is 33.3 Å². The Kier molecular flexibility index (Phi) is 7.39. The molecule has 7 heteroatoms. The first-order valence-corrected chi connectivity index (χ1v) is 11.8. The standard InChI is InChI=1S/C25H29N3O3S/c1-19-26-22(18-32-19)17-31-24-6-3-5-21(15-24)25(29)28-12-4-11-27(13-14-28)16-20-7-9-23(30-2)10-8-20/h3,5-10,15,18H,4,11-14,16-17H2,1-2H3. The van der Waals surface area contributed by atoms with Gasteiger partial charge in [0.25, 0.3) is 5.91 Å². The van der Waals surface area contributed by atoms with Crippen LogP contribution in [0.5, 0.6) is 11.5 Å². The maximum atomic E-state index is 13.1. The smallest absolute Gasteiger partial charge is 0.254 e. The van der Waals surface area contributed by atoms with E-state index in [4.69, 9.17) is 9.47 Å². The SMILES string of the molecule is COc1ccc(CN2CCCN(C(=O)c3cccc(OCc4csc(C)n4)c3)CC2)cc1. The van der Waals surface area contributed by atoms with Gasteiger partial charge in [0.2, 0.25) is 0 Å². The van der Waals surface area contributed by atoms with Crippen molar-refractivity contribution < 1.29 is 14.3 Å². The molecule has 1 aliphatic rings. The number of amides is 1. The number of thiazole rings is 1. The summed E-state index contributed by atoms with van der Waals surface area (Å²) in [6.45, 7) is 6.59. The van der Waals surface area contributed by atoms with E-state index in [0.717, 1.165) is 55.6 Å². The predicted octanol–water partition coefficient (Wildman–Crippen LogP) is 4.39. The van der Waals surface area contributed by atoms with Gasteiger partial charge in [-0.05, 0) is 49.2 Å². The van der Waals surface area contributed by atoms with E-state index >= 15 is 0 Å². The van der Waals surface area contributed by atoms with Gasteiger partial charge < -0.3 is 14.4 Å². The van der Waals surface area contributed by atoms with Gasteiger partial charge in [0.1, 0.15) is 18.1 Å². The van der Waals surface area contributed by atoms with Gasteiger partial charge in [0.05, 0.1) is 17.8 Å². The van der Waals surface area contributed by atoms with Crippen LogP contribution in [0.3, 0.4) is 0 Å². The summed E-state index contributed by atoms with van der Waals surface area (Å²) in [5.74, 6) is 1.62. The third-order valence-electron chi connectivity index (χ3n) is 5.58. The van der Waals surface area contributed by atoms with Gasteiger partial charge in [-0.2, -0.15) is 0 Å². The van der Waals surface area contributed by atoms with E-state index in [9.17, 15) is 4.79 Å². The van der Waals surface area contributed by atoms with Crippen molar-refractivity contribution in [3.05, 3.63) is 75.7 Å². The highest BCUT2D eigenvalue weighted by molar-refractivity contribution is 7.09. The highest BCUT2D eigenvalue weighted by Crippen LogP contribution is 2.19. The van der Waals surface area contributed by atoms with E-state index in [2.05, 4.69) is 22.0 Å². The van der Waals surface area contributed by atoms with Crippen molar-refractivity contribution >= 4 is 17.2 Å². The molecule has 0 N–H and O–H groups in total. The zero-order chi connectivity index (χ0) is 22.3. The van der Waals surface area contributed by atoms with E-state index in [-0.39, 0.29) is 5.91 Å². The summed E-state index contributed by atoms with van der Waals surface area (Å²) in [7, 11) is 1.68. The number of aryl methyl sites for hydroxylation is 1. The zero-order valence-electron chi connectivity index (χ0n) is 18.6. The van der Waals surface area contributed by atoms with Crippen LogP contribution in [0.4, 0.5) is 0 Å². The molecular formula is C25H29N3O3S. The number of carbonyl (C=O) groups excluding carboxylic acids is 1. The molecule has 6 nitrogen and oxygen atoms in total. The summed E-state index contributed by atoms with van der Waals surface area (Å²) < 4.78 is 11.1. The Bertz CT molecular complexity index is 1030. The fraction of sp³-hybridized carbons (Fsp3) is 0.360. The largest absolute Gasteiger partial charge is 0.497 e. The van der Waals surface area contributed by atoms with Crippen LogP contribution >= 0.6 is 11.3 Å². The van der Waals surface area contributed by atoms with Gasteiger partial charge in [0.15, 0.2) is 0 Å². The normalized spacial score (nSPS) is 14.8. The van der Waals surface area contributed by atoms with Crippen LogP contribution in [0.25, 0.3) is 0 Å². The van der Waals surface area contributed by atoms with Crippen molar-refractivity contribution in [1.82, 2.24) is 14.8 Å². The molecule has 168 valence electrons. The van der Waals surface area contributed by atoms with Crippen LogP contribution in [-0.4, -0.2) is 54.0 Å². The molecule has 0 radical (unpaired) electrons. The number of hydrogen-bond acceptors (Lipinski definition) is 6. The molecule has 1 amide bonds. The Balaban J connectivity index is 1.33. The molecule has 0 unspecified atom stereocenters. The lowest BCUT2D eigenvalue weighted by Gasteiger charge is -2.22. The van der Waals surface area contributed by atoms with Crippen LogP contribution in [0.2, 0.25) is 0 Å². The maximum Gasteiger partial charge on any atom is 0.254 e. The molecule has 0 spiro atoms. The van der Waals surface area contributed by atoms with E-state index in [1.54, 1.807) is 18.4 Å². The topological polar surface area (TPSA) is 54.9 Å². The van der Waals surface area contributed by atoms with Crippen LogP contribution in [0.15, 0.2) is 53.9 Å². The Morgan fingerprint density at radius 1 is 1.06 bits per heavy atom. The van der Waals surface area contributed by atoms with E-state index in [1.807, 2.05) is 53.6 Å². The van der Waals surface area contributed by atoms with Crippen molar-refractivity contribution in [2.24, 2.45) is 0 Å². The molecule has 0 aliphatic carbocycles. The highest BCUT2D eigenvalue weighted by Gasteiger charge is 2.21. The minimum atomic E-state index is 0.0613. The first-order chi connectivity index (χ1) is 15.6. The Morgan fingerprint density at radius 2 is 1.91 bits per heavy atom. The number of hydrogen-bond donors (Lipinski definition) is 0. The summed E-state index contributed by atoms with van der Waals surface area (Å²) >= 11 is 1.61. The minimum Gasteiger partial charge on any atom is -0.497 e. The molecule has 2 heterocycles. The third kappa shape index (κ3) is 5.87. The predicted molar refractivity (Wildman–Crippen MR) is 126 cm³/mol. The number of aromatic nitrogens is 1. The van der Waals surface area contributed by atoms with Gasteiger partial charge in [-0.1, -0.05) is 18.2 Å². The fourth-order valence-electron chi connectivity index (χ4n) is 3.85. The number of rotatable bonds is 7. The lowest BCUT2D eigenvalue weighted by molar-refractivity contribution is 0.0760. The molecule has 0 saturated carbocycles. The highest BCUT2D eigenvalue weighted by atomic mass is 32.1. The minimum absolute atomic E-state index is 0.0613. The molecule has 1 saturated heterocycles. The molecule has 4 rings (SSSR count). The zero-order valence-corrected chi connectivity index (χ0v) is 19.4. The first kappa shape index (κ1) is 22.3. The summed E-state index contributed by atoms with van der Waals surface area (Å²) in [4.78, 5) is 21.9. The van der Waals surface area contributed by atoms with Crippen molar-refractivity contribution in [2.45, 2.75) is 26.5 Å². The lowest BCUT2D eigenvalue weighted by atomic mass is 10.2. The fourth-order valence-corrected chi connectivity index (χ4v) is 4.45. The average Bonchev–Trinajstić information content (AvgIpc) is 3.10. The second-order valence-corrected chi connectivity index (χ2v) is 9.01. The van der Waals surface area contributed by atoms with Crippen LogP contribution in [-0.2, 0) is 13.2 Å². The number of methoxy groups -OCH3 is 1. The summed E-state index contributed by atoms with van der Waals surface area (Å²) in [5.41, 5.74) is 2.83. The number of nitrogens with zero attached hydrogens (tertiary/aromatic N) is 3. The van der Waals surface area contributed by atoms with Crippen molar-refractivity contribution in [3.8, 4) is 11.5 Å². The van der Waals surface area contributed by atoms with Crippen LogP contribution < -0.4 is 9.47 Å². The molecule has 32 heavy (non-hydrogen) atoms. The summed E-state index contributed by atoms with van der Waals surface area (Å²) in [5, 5.41) is 3.02. The lowest BCUT2D eigenvalue weighted by Crippen LogP contribution is -2.35. The van der Waals surface area contributed by atoms with E-state index in [1.165, 1.54) is 5.56 Å². The maximum absolute atomic E-state index is 13.1. The van der Waals surface area contributed by atoms with Crippen LogP contribution in [0.1, 0.15) is 33.0 Å². The molecule has 0 atom stereocenters. The first-order valence-electron chi connectivity index (χ1n) is 10.9. The Hall–Kier alpha value is -2.90. The molecule has 0 bridgehead atoms. The van der Waals surface area contributed by atoms with Crippen molar-refractivity contribution in [1.29, 1.82) is 0 Å². The number of carbonyl (C=O) groups is 1. The molecule has 2 aromatic carbocycles. The molecule has 3 aromatic rings. The molecule has 1 fully saturated rings. The van der Waals surface area contributed by atoms with Crippen molar-refractivity contribution in [3.63, 3.8) is 0 Å². The Morgan fingerprint density at radius 3 is 2.66 bits per heavy atom. The van der Waals surface area contributed by atoms with Gasteiger partial charge in [-0.3, -0.25) is 9.69 Å². The van der Waals surface area contributed by atoms with Gasteiger partial charge >= 0.3 is 0 Å². The second-order valence-electron chi connectivity index (χ2n) is 7.94. The van der Waals surface area contributed by atoms with Crippen LogP contribution in [0, 0.1) is 6.92 Å². The summed E-state index contributed by atoms with van der Waals surface area (Å²) in [6.07, 6.45) is 0.960. The molecule has 1 aliphatic heterocycles. The van der Waals surface area contributed by atoms with Gasteiger partial charge in [-0.25, -0.2) is 4.98 Å². The van der Waals surface area contributed by atoms with Gasteiger partial charge in [0, 0.05) is 43.7 Å². The van der Waals surface area contributed by atoms with Gasteiger partial charge in [-0.15, -0.1) is 11.3 Å². The number of ether oxygens (including phenoxy) is 2. The molecule has 1 aromatic heterocycles. The Labute approximate surface area is 193 Å². The average molecular weight is 452 g/mol. The number of benzene rings is 2. The second kappa shape index (κ2) is 10.6. The van der Waals surface area contributed by atoms with E-state index < -0.39 is 0 Å². The summed E-state index contributed by atoms with van der Waals surface area (Å²) in [6, 6.07) is 15.7. The third-order valence-corrected chi connectivity index (χ3v) is 6.40. The monoisotopic (exact) mass is 451 g/mol.